The highest BCUT2D eigenvalue weighted by atomic mass is 31.2. The number of aliphatic hydroxyl groups excluding tert-OH is 4. The molecule has 0 bridgehead atoms. The quantitative estimate of drug-likeness (QED) is 0.0222. The molecule has 1 saturated carbocycles. The second-order valence-corrected chi connectivity index (χ2v) is 14.8. The first-order chi connectivity index (χ1) is 25.1. The summed E-state index contributed by atoms with van der Waals surface area (Å²) in [5.41, 5.74) is 0. The topological polar surface area (TPSA) is 291 Å². The van der Waals surface area contributed by atoms with Gasteiger partial charge in [-0.2, -0.15) is 0 Å². The summed E-state index contributed by atoms with van der Waals surface area (Å²) >= 11 is 0. The smallest absolute Gasteiger partial charge is 0.456 e. The number of hydrogen-bond donors (Lipinski definition) is 8. The van der Waals surface area contributed by atoms with Crippen LogP contribution in [-0.2, 0) is 41.8 Å². The average Bonchev–Trinajstić information content (AvgIpc) is 3.10. The lowest BCUT2D eigenvalue weighted by Crippen LogP contribution is -2.64. The Bertz CT molecular complexity index is 1510. The van der Waals surface area contributed by atoms with Gasteiger partial charge in [0.05, 0.1) is 6.61 Å². The Morgan fingerprint density at radius 2 is 1.15 bits per heavy atom. The first kappa shape index (κ1) is 51.2. The summed E-state index contributed by atoms with van der Waals surface area (Å²) in [5, 5.41) is 40.8. The zero-order chi connectivity index (χ0) is 39.7. The number of ether oxygens (including phenoxy) is 2. The van der Waals surface area contributed by atoms with Gasteiger partial charge in [-0.25, -0.2) is 13.9 Å². The van der Waals surface area contributed by atoms with Gasteiger partial charge in [0.2, 0.25) is 0 Å². The Balaban J connectivity index is -0.000000585. The normalized spacial score (nSPS) is 22.1. The minimum Gasteiger partial charge on any atom is -0.456 e. The first-order valence-corrected chi connectivity index (χ1v) is 20.5. The van der Waals surface area contributed by atoms with Crippen molar-refractivity contribution in [1.82, 2.24) is 6.15 Å². The fourth-order valence-corrected chi connectivity index (χ4v) is 6.61. The number of esters is 2. The standard InChI is InChI=1S/C35H52O16P2.H3N.7H2/c1-3-5-7-9-11-12-13-14-15-16-18-20-22-24-29(37)49-27(25-47-28(36)23-21-19-17-10-8-6-4-2)26-48-53(45,46)51-35-32(40)30(38)31(39)34(33(35)41)50-52(42,43)44;;;;;;;;/h27,30-35,38-41H,3,5,7,9,11-16,18,20,22,24-26H2,1-2H3,(H,45,46)(H2,42,43,44);1H3;7*1H/t27-,30?,31-,32+,33?,34-,35?;;;;;;;;/m1......../s1. The Labute approximate surface area is 327 Å². The van der Waals surface area contributed by atoms with Crippen LogP contribution in [0, 0.1) is 47.4 Å². The van der Waals surface area contributed by atoms with Gasteiger partial charge < -0.3 is 50.7 Å². The van der Waals surface area contributed by atoms with Gasteiger partial charge in [0.25, 0.3) is 0 Å². The predicted molar refractivity (Wildman–Crippen MR) is 209 cm³/mol. The molecule has 19 heteroatoms. The van der Waals surface area contributed by atoms with Crippen molar-refractivity contribution in [1.29, 1.82) is 0 Å². The van der Waals surface area contributed by atoms with Crippen LogP contribution in [0.1, 0.15) is 114 Å². The van der Waals surface area contributed by atoms with E-state index >= 15 is 0 Å². The van der Waals surface area contributed by atoms with Gasteiger partial charge in [-0.15, -0.1) is 0 Å². The van der Waals surface area contributed by atoms with Crippen LogP contribution in [0.3, 0.4) is 0 Å². The van der Waals surface area contributed by atoms with Crippen molar-refractivity contribution in [2.75, 3.05) is 13.2 Å². The van der Waals surface area contributed by atoms with Gasteiger partial charge in [0.15, 0.2) is 6.10 Å². The van der Waals surface area contributed by atoms with E-state index in [4.69, 9.17) is 28.3 Å². The molecule has 0 aromatic heterocycles. The molecule has 8 atom stereocenters. The molecule has 54 heavy (non-hydrogen) atoms. The molecular weight excluding hydrogens is 752 g/mol. The van der Waals surface area contributed by atoms with Crippen LogP contribution in [0.2, 0.25) is 0 Å². The van der Waals surface area contributed by atoms with Crippen molar-refractivity contribution in [3.8, 4) is 47.4 Å². The summed E-state index contributed by atoms with van der Waals surface area (Å²) in [7, 11) is -10.7. The van der Waals surface area contributed by atoms with E-state index in [0.29, 0.717) is 6.42 Å². The SMILES string of the molecule is CC#CC#CC#CC#CC(=O)OC[C@H](COP(=O)(O)OC1C(O)[C@H](OP(=O)(O)O)[C@H](O)C(O)[C@@H]1O)OC(=O)CCCCCCCCCCCCCCC.N.[HH].[HH].[HH].[HH].[HH].[HH].[HH]. The zero-order valence-electron chi connectivity index (χ0n) is 30.8. The molecule has 10 N–H and O–H groups in total. The molecule has 0 radical (unpaired) electrons. The van der Waals surface area contributed by atoms with Crippen molar-refractivity contribution in [2.24, 2.45) is 0 Å². The van der Waals surface area contributed by atoms with Crippen molar-refractivity contribution in [3.63, 3.8) is 0 Å². The fourth-order valence-electron chi connectivity index (χ4n) is 5.07. The number of carbonyl (C=O) groups is 2. The maximum atomic E-state index is 12.8. The van der Waals surface area contributed by atoms with Gasteiger partial charge in [0.1, 0.15) is 43.2 Å². The number of hydrogen-bond acceptors (Lipinski definition) is 14. The molecule has 0 aromatic carbocycles. The number of phosphoric acid groups is 2. The summed E-state index contributed by atoms with van der Waals surface area (Å²) < 4.78 is 48.3. The van der Waals surface area contributed by atoms with Gasteiger partial charge in [-0.3, -0.25) is 18.4 Å². The Kier molecular flexibility index (Phi) is 27.1. The number of phosphoric ester groups is 2. The Morgan fingerprint density at radius 3 is 1.67 bits per heavy atom. The average molecular weight is 822 g/mol. The van der Waals surface area contributed by atoms with E-state index in [9.17, 15) is 44.0 Å². The van der Waals surface area contributed by atoms with Crippen LogP contribution in [0.4, 0.5) is 0 Å². The van der Waals surface area contributed by atoms with Crippen LogP contribution in [0.15, 0.2) is 0 Å². The second-order valence-electron chi connectivity index (χ2n) is 12.2. The largest absolute Gasteiger partial charge is 0.472 e. The minimum absolute atomic E-state index is 0. The summed E-state index contributed by atoms with van der Waals surface area (Å²) in [5.74, 6) is 16.9. The Hall–Kier alpha value is -2.80. The van der Waals surface area contributed by atoms with E-state index < -0.39 is 83.5 Å². The number of carbonyl (C=O) groups excluding carboxylic acids is 2. The van der Waals surface area contributed by atoms with Gasteiger partial charge in [-0.1, -0.05) is 89.9 Å². The van der Waals surface area contributed by atoms with Gasteiger partial charge in [-0.05, 0) is 48.9 Å². The van der Waals surface area contributed by atoms with Crippen LogP contribution < -0.4 is 6.15 Å². The molecule has 1 aliphatic rings. The van der Waals surface area contributed by atoms with Crippen molar-refractivity contribution < 1.29 is 86.9 Å². The molecule has 0 aliphatic heterocycles. The minimum atomic E-state index is -5.38. The fraction of sp³-hybridized carbons (Fsp3) is 0.714. The molecule has 0 saturated heterocycles. The molecule has 0 aromatic rings. The highest BCUT2D eigenvalue weighted by Gasteiger charge is 2.54. The van der Waals surface area contributed by atoms with E-state index in [1.807, 2.05) is 0 Å². The lowest BCUT2D eigenvalue weighted by atomic mass is 9.85. The molecule has 17 nitrogen and oxygen atoms in total. The first-order valence-electron chi connectivity index (χ1n) is 17.5. The van der Waals surface area contributed by atoms with E-state index in [0.717, 1.165) is 32.1 Å². The van der Waals surface area contributed by atoms with Crippen LogP contribution >= 0.6 is 15.6 Å². The molecule has 0 spiro atoms. The third-order valence-corrected chi connectivity index (χ3v) is 9.27. The Morgan fingerprint density at radius 1 is 0.667 bits per heavy atom. The number of unbranched alkanes of at least 4 members (excludes halogenated alkanes) is 12. The van der Waals surface area contributed by atoms with Crippen LogP contribution in [0.5, 0.6) is 0 Å². The third-order valence-electron chi connectivity index (χ3n) is 7.77. The van der Waals surface area contributed by atoms with Crippen molar-refractivity contribution >= 4 is 27.6 Å². The number of aliphatic hydroxyl groups is 4. The molecule has 320 valence electrons. The van der Waals surface area contributed by atoms with E-state index in [1.165, 1.54) is 44.9 Å². The lowest BCUT2D eigenvalue weighted by molar-refractivity contribution is -0.216. The molecule has 1 fully saturated rings. The molecule has 4 unspecified atom stereocenters. The monoisotopic (exact) mass is 821 g/mol. The highest BCUT2D eigenvalue weighted by Crippen LogP contribution is 2.49. The van der Waals surface area contributed by atoms with E-state index in [1.54, 1.807) is 6.92 Å². The van der Waals surface area contributed by atoms with Crippen LogP contribution in [-0.4, -0.2) is 103 Å². The summed E-state index contributed by atoms with van der Waals surface area (Å²) in [6.07, 6.45) is -0.866. The van der Waals surface area contributed by atoms with E-state index in [-0.39, 0.29) is 22.6 Å². The molecule has 1 aliphatic carbocycles. The lowest BCUT2D eigenvalue weighted by Gasteiger charge is -2.43. The van der Waals surface area contributed by atoms with Gasteiger partial charge >= 0.3 is 27.6 Å². The maximum absolute atomic E-state index is 12.8. The van der Waals surface area contributed by atoms with Crippen molar-refractivity contribution in [2.45, 2.75) is 146 Å². The maximum Gasteiger partial charge on any atom is 0.472 e. The molecule has 0 heterocycles. The summed E-state index contributed by atoms with van der Waals surface area (Å²) in [6.45, 7) is 2.15. The summed E-state index contributed by atoms with van der Waals surface area (Å²) in [6, 6.07) is 0. The highest BCUT2D eigenvalue weighted by molar-refractivity contribution is 7.47. The zero-order valence-corrected chi connectivity index (χ0v) is 32.6. The summed E-state index contributed by atoms with van der Waals surface area (Å²) in [4.78, 5) is 53.2. The van der Waals surface area contributed by atoms with Gasteiger partial charge in [0, 0.05) is 22.3 Å². The predicted octanol–water partition coefficient (Wildman–Crippen LogP) is 4.28. The number of rotatable bonds is 24. The van der Waals surface area contributed by atoms with E-state index in [2.05, 4.69) is 58.8 Å². The molecule has 0 amide bonds. The second kappa shape index (κ2) is 28.6. The van der Waals surface area contributed by atoms with Crippen LogP contribution in [0.25, 0.3) is 0 Å². The third kappa shape index (κ3) is 23.2. The molecule has 1 rings (SSSR count). The van der Waals surface area contributed by atoms with Crippen molar-refractivity contribution in [3.05, 3.63) is 0 Å². The molecular formula is C35H69NO16P2.